The van der Waals surface area contributed by atoms with Crippen molar-refractivity contribution in [1.82, 2.24) is 0 Å². The Balaban J connectivity index is 2.16. The Morgan fingerprint density at radius 2 is 2.06 bits per heavy atom. The van der Waals surface area contributed by atoms with Gasteiger partial charge in [0.2, 0.25) is 0 Å². The molecule has 90 valence electrons. The molecule has 0 aliphatic carbocycles. The van der Waals surface area contributed by atoms with Crippen LogP contribution in [0, 0.1) is 0 Å². The SMILES string of the molecule is CCOc1ccc(C(O)c2cc(Br)cs2)cc1. The summed E-state index contributed by atoms with van der Waals surface area (Å²) in [7, 11) is 0. The lowest BCUT2D eigenvalue weighted by Gasteiger charge is -2.10. The molecule has 1 unspecified atom stereocenters. The molecule has 0 aliphatic rings. The van der Waals surface area contributed by atoms with Crippen molar-refractivity contribution in [2.24, 2.45) is 0 Å². The van der Waals surface area contributed by atoms with Crippen LogP contribution in [0.15, 0.2) is 40.2 Å². The summed E-state index contributed by atoms with van der Waals surface area (Å²) < 4.78 is 6.37. The van der Waals surface area contributed by atoms with Crippen molar-refractivity contribution in [2.45, 2.75) is 13.0 Å². The number of hydrogen-bond donors (Lipinski definition) is 1. The number of aliphatic hydroxyl groups is 1. The molecule has 17 heavy (non-hydrogen) atoms. The summed E-state index contributed by atoms with van der Waals surface area (Å²) in [5.74, 6) is 0.829. The van der Waals surface area contributed by atoms with Crippen molar-refractivity contribution in [3.05, 3.63) is 50.6 Å². The van der Waals surface area contributed by atoms with Crippen molar-refractivity contribution in [2.75, 3.05) is 6.61 Å². The Morgan fingerprint density at radius 1 is 1.35 bits per heavy atom. The monoisotopic (exact) mass is 312 g/mol. The molecule has 0 amide bonds. The second-order valence-electron chi connectivity index (χ2n) is 3.57. The third-order valence-electron chi connectivity index (χ3n) is 2.36. The average molecular weight is 313 g/mol. The van der Waals surface area contributed by atoms with E-state index in [0.717, 1.165) is 20.7 Å². The summed E-state index contributed by atoms with van der Waals surface area (Å²) in [6.07, 6.45) is -0.568. The lowest BCUT2D eigenvalue weighted by molar-refractivity contribution is 0.224. The van der Waals surface area contributed by atoms with Crippen LogP contribution in [-0.2, 0) is 0 Å². The molecule has 2 rings (SSSR count). The zero-order valence-electron chi connectivity index (χ0n) is 9.39. The molecule has 0 saturated carbocycles. The highest BCUT2D eigenvalue weighted by Gasteiger charge is 2.12. The van der Waals surface area contributed by atoms with E-state index in [-0.39, 0.29) is 0 Å². The fourth-order valence-corrected chi connectivity index (χ4v) is 3.00. The summed E-state index contributed by atoms with van der Waals surface area (Å²) in [5, 5.41) is 12.1. The Morgan fingerprint density at radius 3 is 2.59 bits per heavy atom. The van der Waals surface area contributed by atoms with Gasteiger partial charge in [0.05, 0.1) is 6.61 Å². The summed E-state index contributed by atoms with van der Waals surface area (Å²) in [6.45, 7) is 2.60. The van der Waals surface area contributed by atoms with Gasteiger partial charge >= 0.3 is 0 Å². The van der Waals surface area contributed by atoms with Crippen LogP contribution in [-0.4, -0.2) is 11.7 Å². The number of hydrogen-bond acceptors (Lipinski definition) is 3. The topological polar surface area (TPSA) is 29.5 Å². The Bertz CT molecular complexity index is 478. The highest BCUT2D eigenvalue weighted by molar-refractivity contribution is 9.10. The molecular weight excluding hydrogens is 300 g/mol. The standard InChI is InChI=1S/C13H13BrO2S/c1-2-16-11-5-3-9(4-6-11)13(15)12-7-10(14)8-17-12/h3-8,13,15H,2H2,1H3. The van der Waals surface area contributed by atoms with Crippen LogP contribution in [0.5, 0.6) is 5.75 Å². The number of benzene rings is 1. The molecule has 1 aromatic heterocycles. The first-order chi connectivity index (χ1) is 8.20. The first kappa shape index (κ1) is 12.6. The van der Waals surface area contributed by atoms with Crippen LogP contribution >= 0.6 is 27.3 Å². The van der Waals surface area contributed by atoms with Gasteiger partial charge in [0.25, 0.3) is 0 Å². The molecule has 2 aromatic rings. The van der Waals surface area contributed by atoms with Gasteiger partial charge in [-0.15, -0.1) is 11.3 Å². The molecule has 1 heterocycles. The highest BCUT2D eigenvalue weighted by Crippen LogP contribution is 2.30. The van der Waals surface area contributed by atoms with Gasteiger partial charge in [-0.2, -0.15) is 0 Å². The number of halogens is 1. The van der Waals surface area contributed by atoms with Gasteiger partial charge in [0.1, 0.15) is 11.9 Å². The maximum atomic E-state index is 10.2. The third kappa shape index (κ3) is 3.09. The molecule has 0 spiro atoms. The van der Waals surface area contributed by atoms with E-state index in [2.05, 4.69) is 15.9 Å². The molecular formula is C13H13BrO2S. The van der Waals surface area contributed by atoms with Crippen LogP contribution in [0.3, 0.4) is 0 Å². The van der Waals surface area contributed by atoms with E-state index in [1.807, 2.05) is 42.6 Å². The van der Waals surface area contributed by atoms with E-state index in [4.69, 9.17) is 4.74 Å². The van der Waals surface area contributed by atoms with E-state index < -0.39 is 6.10 Å². The van der Waals surface area contributed by atoms with Gasteiger partial charge in [-0.25, -0.2) is 0 Å². The second kappa shape index (κ2) is 5.67. The average Bonchev–Trinajstić information content (AvgIpc) is 2.76. The van der Waals surface area contributed by atoms with Gasteiger partial charge in [-0.3, -0.25) is 0 Å². The Hall–Kier alpha value is -0.840. The third-order valence-corrected chi connectivity index (χ3v) is 4.11. The molecule has 0 bridgehead atoms. The minimum atomic E-state index is -0.568. The largest absolute Gasteiger partial charge is 0.494 e. The Kier molecular flexibility index (Phi) is 4.20. The molecule has 4 heteroatoms. The van der Waals surface area contributed by atoms with Gasteiger partial charge in [-0.05, 0) is 46.6 Å². The predicted octanol–water partition coefficient (Wildman–Crippen LogP) is 3.99. The zero-order valence-corrected chi connectivity index (χ0v) is 11.8. The van der Waals surface area contributed by atoms with Crippen LogP contribution in [0.4, 0.5) is 0 Å². The summed E-state index contributed by atoms with van der Waals surface area (Å²) in [6, 6.07) is 9.48. The number of rotatable bonds is 4. The summed E-state index contributed by atoms with van der Waals surface area (Å²) in [5.41, 5.74) is 0.878. The van der Waals surface area contributed by atoms with Crippen LogP contribution in [0.2, 0.25) is 0 Å². The van der Waals surface area contributed by atoms with Gasteiger partial charge in [0, 0.05) is 14.7 Å². The summed E-state index contributed by atoms with van der Waals surface area (Å²) in [4.78, 5) is 0.932. The Labute approximate surface area is 113 Å². The minimum absolute atomic E-state index is 0.568. The molecule has 0 saturated heterocycles. The van der Waals surface area contributed by atoms with E-state index in [0.29, 0.717) is 6.61 Å². The van der Waals surface area contributed by atoms with Crippen LogP contribution in [0.1, 0.15) is 23.5 Å². The van der Waals surface area contributed by atoms with E-state index in [9.17, 15) is 5.11 Å². The molecule has 1 aromatic carbocycles. The predicted molar refractivity (Wildman–Crippen MR) is 73.7 cm³/mol. The van der Waals surface area contributed by atoms with E-state index in [1.165, 1.54) is 11.3 Å². The number of aliphatic hydroxyl groups excluding tert-OH is 1. The van der Waals surface area contributed by atoms with E-state index >= 15 is 0 Å². The molecule has 2 nitrogen and oxygen atoms in total. The smallest absolute Gasteiger partial charge is 0.119 e. The van der Waals surface area contributed by atoms with Crippen LogP contribution < -0.4 is 4.74 Å². The van der Waals surface area contributed by atoms with Crippen molar-refractivity contribution in [3.8, 4) is 5.75 Å². The molecule has 0 radical (unpaired) electrons. The number of thiophene rings is 1. The van der Waals surface area contributed by atoms with Crippen LogP contribution in [0.25, 0.3) is 0 Å². The molecule has 0 aliphatic heterocycles. The maximum Gasteiger partial charge on any atom is 0.119 e. The second-order valence-corrected chi connectivity index (χ2v) is 5.43. The van der Waals surface area contributed by atoms with Gasteiger partial charge in [0.15, 0.2) is 0 Å². The first-order valence-electron chi connectivity index (χ1n) is 5.35. The number of ether oxygens (including phenoxy) is 1. The maximum absolute atomic E-state index is 10.2. The normalized spacial score (nSPS) is 12.4. The van der Waals surface area contributed by atoms with E-state index in [1.54, 1.807) is 0 Å². The zero-order chi connectivity index (χ0) is 12.3. The molecule has 0 fully saturated rings. The van der Waals surface area contributed by atoms with Crippen molar-refractivity contribution >= 4 is 27.3 Å². The minimum Gasteiger partial charge on any atom is -0.494 e. The lowest BCUT2D eigenvalue weighted by Crippen LogP contribution is -1.97. The fraction of sp³-hybridized carbons (Fsp3) is 0.231. The first-order valence-corrected chi connectivity index (χ1v) is 7.02. The lowest BCUT2D eigenvalue weighted by atomic mass is 10.1. The fourth-order valence-electron chi connectivity index (χ4n) is 1.55. The quantitative estimate of drug-likeness (QED) is 0.925. The van der Waals surface area contributed by atoms with Crippen molar-refractivity contribution in [1.29, 1.82) is 0 Å². The molecule has 1 atom stereocenters. The molecule has 1 N–H and O–H groups in total. The van der Waals surface area contributed by atoms with Gasteiger partial charge < -0.3 is 9.84 Å². The van der Waals surface area contributed by atoms with Gasteiger partial charge in [-0.1, -0.05) is 12.1 Å². The summed E-state index contributed by atoms with van der Waals surface area (Å²) >= 11 is 4.92. The highest BCUT2D eigenvalue weighted by atomic mass is 79.9. The van der Waals surface area contributed by atoms with Crippen molar-refractivity contribution < 1.29 is 9.84 Å². The van der Waals surface area contributed by atoms with Crippen molar-refractivity contribution in [3.63, 3.8) is 0 Å².